The minimum atomic E-state index is -0.0860. The number of hydrogen-bond donors (Lipinski definition) is 0. The summed E-state index contributed by atoms with van der Waals surface area (Å²) in [5, 5.41) is 0.618. The molecule has 0 N–H and O–H groups in total. The van der Waals surface area contributed by atoms with Gasteiger partial charge >= 0.3 is 0 Å². The highest BCUT2D eigenvalue weighted by Gasteiger charge is 2.21. The molecule has 0 spiro atoms. The minimum Gasteiger partial charge on any atom is -0.338 e. The first-order chi connectivity index (χ1) is 10.1. The van der Waals surface area contributed by atoms with Crippen LogP contribution in [0.4, 0.5) is 0 Å². The van der Waals surface area contributed by atoms with Crippen LogP contribution in [0.15, 0.2) is 36.5 Å². The van der Waals surface area contributed by atoms with E-state index < -0.39 is 0 Å². The van der Waals surface area contributed by atoms with Gasteiger partial charge in [-0.2, -0.15) is 0 Å². The highest BCUT2D eigenvalue weighted by atomic mass is 35.5. The molecule has 5 heteroatoms. The van der Waals surface area contributed by atoms with Crippen LogP contribution in [-0.2, 0) is 12.8 Å². The second-order valence-corrected chi connectivity index (χ2v) is 5.84. The Hall–Kier alpha value is -1.58. The van der Waals surface area contributed by atoms with Gasteiger partial charge in [-0.1, -0.05) is 47.5 Å². The van der Waals surface area contributed by atoms with E-state index in [2.05, 4.69) is 17.1 Å². The Balaban J connectivity index is 1.82. The van der Waals surface area contributed by atoms with Crippen LogP contribution in [0, 0.1) is 0 Å². The van der Waals surface area contributed by atoms with Crippen molar-refractivity contribution in [3.05, 3.63) is 63.4 Å². The van der Waals surface area contributed by atoms with Gasteiger partial charge in [0, 0.05) is 19.3 Å². The van der Waals surface area contributed by atoms with Gasteiger partial charge in [0.25, 0.3) is 5.91 Å². The first-order valence-electron chi connectivity index (χ1n) is 6.82. The summed E-state index contributed by atoms with van der Waals surface area (Å²) in [7, 11) is 0. The summed E-state index contributed by atoms with van der Waals surface area (Å²) < 4.78 is 0. The SMILES string of the molecule is O=C(c1cc(Cl)ncc1Cl)N1CCc2ccccc2CC1. The predicted octanol–water partition coefficient (Wildman–Crippen LogP) is 3.63. The number of hydrogen-bond acceptors (Lipinski definition) is 2. The molecule has 0 bridgehead atoms. The third kappa shape index (κ3) is 3.04. The van der Waals surface area contributed by atoms with Crippen molar-refractivity contribution in [3.8, 4) is 0 Å². The Morgan fingerprint density at radius 3 is 2.33 bits per heavy atom. The van der Waals surface area contributed by atoms with E-state index in [4.69, 9.17) is 23.2 Å². The molecular formula is C16H14Cl2N2O. The Labute approximate surface area is 133 Å². The molecule has 0 atom stereocenters. The standard InChI is InChI=1S/C16H14Cl2N2O/c17-14-10-19-15(18)9-13(14)16(21)20-7-5-11-3-1-2-4-12(11)6-8-20/h1-4,9-10H,5-8H2. The third-order valence-corrected chi connectivity index (χ3v) is 4.27. The van der Waals surface area contributed by atoms with Crippen molar-refractivity contribution >= 4 is 29.1 Å². The molecule has 0 radical (unpaired) electrons. The van der Waals surface area contributed by atoms with Gasteiger partial charge < -0.3 is 4.90 Å². The van der Waals surface area contributed by atoms with Crippen LogP contribution >= 0.6 is 23.2 Å². The van der Waals surface area contributed by atoms with E-state index in [1.54, 1.807) is 0 Å². The third-order valence-electron chi connectivity index (χ3n) is 3.76. The fourth-order valence-corrected chi connectivity index (χ4v) is 2.96. The first kappa shape index (κ1) is 14.4. The molecule has 0 aliphatic carbocycles. The summed E-state index contributed by atoms with van der Waals surface area (Å²) in [5.41, 5.74) is 3.04. The zero-order valence-corrected chi connectivity index (χ0v) is 12.9. The molecule has 21 heavy (non-hydrogen) atoms. The van der Waals surface area contributed by atoms with Gasteiger partial charge in [-0.25, -0.2) is 4.98 Å². The molecule has 2 aromatic rings. The number of aromatic nitrogens is 1. The lowest BCUT2D eigenvalue weighted by Gasteiger charge is -2.20. The summed E-state index contributed by atoms with van der Waals surface area (Å²) in [6, 6.07) is 9.86. The van der Waals surface area contributed by atoms with Crippen LogP contribution in [-0.4, -0.2) is 28.9 Å². The van der Waals surface area contributed by atoms with E-state index in [9.17, 15) is 4.79 Å². The van der Waals surface area contributed by atoms with E-state index in [1.807, 2.05) is 17.0 Å². The number of carbonyl (C=O) groups excluding carboxylic acids is 1. The van der Waals surface area contributed by atoms with Crippen molar-refractivity contribution in [2.45, 2.75) is 12.8 Å². The van der Waals surface area contributed by atoms with E-state index in [0.717, 1.165) is 12.8 Å². The average molecular weight is 321 g/mol. The molecule has 0 fully saturated rings. The van der Waals surface area contributed by atoms with E-state index >= 15 is 0 Å². The smallest absolute Gasteiger partial charge is 0.255 e. The lowest BCUT2D eigenvalue weighted by molar-refractivity contribution is 0.0763. The van der Waals surface area contributed by atoms with Crippen LogP contribution in [0.2, 0.25) is 10.2 Å². The first-order valence-corrected chi connectivity index (χ1v) is 7.58. The molecule has 2 heterocycles. The second-order valence-electron chi connectivity index (χ2n) is 5.05. The number of rotatable bonds is 1. The maximum atomic E-state index is 12.6. The molecule has 1 aliphatic heterocycles. The lowest BCUT2D eigenvalue weighted by Crippen LogP contribution is -2.33. The zero-order valence-electron chi connectivity index (χ0n) is 11.4. The maximum absolute atomic E-state index is 12.6. The molecule has 1 aromatic carbocycles. The second kappa shape index (κ2) is 6.04. The molecule has 0 saturated heterocycles. The Bertz CT molecular complexity index is 661. The number of pyridine rings is 1. The van der Waals surface area contributed by atoms with Gasteiger partial charge in [-0.3, -0.25) is 4.79 Å². The predicted molar refractivity (Wildman–Crippen MR) is 84.0 cm³/mol. The van der Waals surface area contributed by atoms with Crippen LogP contribution in [0.3, 0.4) is 0 Å². The largest absolute Gasteiger partial charge is 0.338 e. The van der Waals surface area contributed by atoms with Gasteiger partial charge in [0.1, 0.15) is 5.15 Å². The molecular weight excluding hydrogens is 307 g/mol. The van der Waals surface area contributed by atoms with Crippen molar-refractivity contribution in [1.29, 1.82) is 0 Å². The quantitative estimate of drug-likeness (QED) is 0.752. The number of carbonyl (C=O) groups is 1. The topological polar surface area (TPSA) is 33.2 Å². The van der Waals surface area contributed by atoms with Crippen LogP contribution in [0.5, 0.6) is 0 Å². The molecule has 3 rings (SSSR count). The number of fused-ring (bicyclic) bond motifs is 1. The van der Waals surface area contributed by atoms with Crippen molar-refractivity contribution in [3.63, 3.8) is 0 Å². The maximum Gasteiger partial charge on any atom is 0.255 e. The van der Waals surface area contributed by atoms with Gasteiger partial charge in [0.15, 0.2) is 0 Å². The zero-order chi connectivity index (χ0) is 14.8. The highest BCUT2D eigenvalue weighted by molar-refractivity contribution is 6.35. The molecule has 0 unspecified atom stereocenters. The van der Waals surface area contributed by atoms with Crippen LogP contribution < -0.4 is 0 Å². The Morgan fingerprint density at radius 2 is 1.71 bits per heavy atom. The highest BCUT2D eigenvalue weighted by Crippen LogP contribution is 2.22. The lowest BCUT2D eigenvalue weighted by atomic mass is 10.0. The summed E-state index contributed by atoms with van der Waals surface area (Å²) >= 11 is 11.9. The number of halogens is 2. The summed E-state index contributed by atoms with van der Waals surface area (Å²) in [6.45, 7) is 1.37. The van der Waals surface area contributed by atoms with E-state index in [-0.39, 0.29) is 11.1 Å². The number of benzene rings is 1. The van der Waals surface area contributed by atoms with Crippen molar-refractivity contribution in [1.82, 2.24) is 9.88 Å². The van der Waals surface area contributed by atoms with E-state index in [1.165, 1.54) is 23.4 Å². The molecule has 1 aliphatic rings. The number of amides is 1. The van der Waals surface area contributed by atoms with E-state index in [0.29, 0.717) is 23.7 Å². The van der Waals surface area contributed by atoms with Crippen molar-refractivity contribution in [2.24, 2.45) is 0 Å². The van der Waals surface area contributed by atoms with Crippen LogP contribution in [0.1, 0.15) is 21.5 Å². The monoisotopic (exact) mass is 320 g/mol. The van der Waals surface area contributed by atoms with Gasteiger partial charge in [-0.15, -0.1) is 0 Å². The molecule has 108 valence electrons. The Morgan fingerprint density at radius 1 is 1.10 bits per heavy atom. The normalized spacial score (nSPS) is 14.5. The molecule has 3 nitrogen and oxygen atoms in total. The Kier molecular flexibility index (Phi) is 4.13. The average Bonchev–Trinajstić information content (AvgIpc) is 2.71. The summed E-state index contributed by atoms with van der Waals surface area (Å²) in [5.74, 6) is -0.0860. The fourth-order valence-electron chi connectivity index (χ4n) is 2.62. The molecule has 1 amide bonds. The van der Waals surface area contributed by atoms with Gasteiger partial charge in [0.05, 0.1) is 10.6 Å². The van der Waals surface area contributed by atoms with Gasteiger partial charge in [0.2, 0.25) is 0 Å². The van der Waals surface area contributed by atoms with Crippen LogP contribution in [0.25, 0.3) is 0 Å². The summed E-state index contributed by atoms with van der Waals surface area (Å²) in [4.78, 5) is 18.3. The van der Waals surface area contributed by atoms with Crippen molar-refractivity contribution < 1.29 is 4.79 Å². The summed E-state index contributed by atoms with van der Waals surface area (Å²) in [6.07, 6.45) is 3.14. The fraction of sp³-hybridized carbons (Fsp3) is 0.250. The van der Waals surface area contributed by atoms with Gasteiger partial charge in [-0.05, 0) is 30.0 Å². The minimum absolute atomic E-state index is 0.0860. The molecule has 1 aromatic heterocycles. The van der Waals surface area contributed by atoms with Crippen molar-refractivity contribution in [2.75, 3.05) is 13.1 Å². The molecule has 0 saturated carbocycles. The number of nitrogens with zero attached hydrogens (tertiary/aromatic N) is 2.